The SMILES string of the molecule is Cc1ccc(C2=C3C(=O)N(C)C(c4cc5ccccc5c5ccccc45)=C3C(=O)N2C)c2ccccc12. The van der Waals surface area contributed by atoms with Gasteiger partial charge in [-0.3, -0.25) is 9.59 Å². The first kappa shape index (κ1) is 21.6. The molecular weight excluding hydrogens is 456 g/mol. The zero-order valence-electron chi connectivity index (χ0n) is 20.9. The lowest BCUT2D eigenvalue weighted by Crippen LogP contribution is -2.25. The number of rotatable bonds is 2. The third-order valence-corrected chi connectivity index (χ3v) is 7.85. The molecule has 0 bridgehead atoms. The van der Waals surface area contributed by atoms with Crippen molar-refractivity contribution in [3.63, 3.8) is 0 Å². The highest BCUT2D eigenvalue weighted by molar-refractivity contribution is 6.32. The summed E-state index contributed by atoms with van der Waals surface area (Å²) < 4.78 is 0. The molecular formula is C33H24N2O2. The first-order valence-electron chi connectivity index (χ1n) is 12.4. The average molecular weight is 481 g/mol. The Morgan fingerprint density at radius 3 is 1.65 bits per heavy atom. The number of hydrogen-bond donors (Lipinski definition) is 0. The molecule has 178 valence electrons. The second kappa shape index (κ2) is 7.65. The Kier molecular flexibility index (Phi) is 4.46. The molecule has 4 heteroatoms. The molecule has 2 aliphatic heterocycles. The van der Waals surface area contributed by atoms with Gasteiger partial charge in [-0.05, 0) is 50.9 Å². The van der Waals surface area contributed by atoms with Crippen molar-refractivity contribution in [1.29, 1.82) is 0 Å². The number of hydrogen-bond acceptors (Lipinski definition) is 2. The molecule has 0 aromatic heterocycles. The van der Waals surface area contributed by atoms with Gasteiger partial charge in [-0.15, -0.1) is 0 Å². The van der Waals surface area contributed by atoms with E-state index in [1.165, 1.54) is 0 Å². The van der Waals surface area contributed by atoms with E-state index in [1.807, 2.05) is 42.5 Å². The Bertz CT molecular complexity index is 1910. The van der Waals surface area contributed by atoms with Crippen molar-refractivity contribution in [2.24, 2.45) is 0 Å². The lowest BCUT2D eigenvalue weighted by atomic mass is 9.93. The summed E-state index contributed by atoms with van der Waals surface area (Å²) in [6, 6.07) is 30.8. The second-order valence-electron chi connectivity index (χ2n) is 9.84. The zero-order chi connectivity index (χ0) is 25.4. The molecule has 0 radical (unpaired) electrons. The summed E-state index contributed by atoms with van der Waals surface area (Å²) >= 11 is 0. The van der Waals surface area contributed by atoms with Crippen molar-refractivity contribution in [2.75, 3.05) is 14.1 Å². The van der Waals surface area contributed by atoms with Gasteiger partial charge in [0, 0.05) is 25.2 Å². The van der Waals surface area contributed by atoms with Gasteiger partial charge >= 0.3 is 0 Å². The summed E-state index contributed by atoms with van der Waals surface area (Å²) in [5, 5.41) is 6.50. The van der Waals surface area contributed by atoms with Crippen molar-refractivity contribution in [3.05, 3.63) is 119 Å². The lowest BCUT2D eigenvalue weighted by molar-refractivity contribution is -0.123. The molecule has 0 unspecified atom stereocenters. The highest BCUT2D eigenvalue weighted by atomic mass is 16.2. The molecule has 0 saturated carbocycles. The van der Waals surface area contributed by atoms with Crippen LogP contribution in [0.4, 0.5) is 0 Å². The van der Waals surface area contributed by atoms with Crippen LogP contribution in [0.15, 0.2) is 102 Å². The van der Waals surface area contributed by atoms with Crippen LogP contribution in [0.1, 0.15) is 16.7 Å². The number of amides is 2. The van der Waals surface area contributed by atoms with Crippen LogP contribution >= 0.6 is 0 Å². The third-order valence-electron chi connectivity index (χ3n) is 7.85. The first-order valence-corrected chi connectivity index (χ1v) is 12.4. The molecule has 2 heterocycles. The normalized spacial score (nSPS) is 15.8. The standard InChI is InChI=1S/C33H24N2O2/c1-19-16-17-26(23-13-7-6-11-21(19)23)30-28-29(33(37)34(30)2)31(35(3)32(28)36)27-18-20-10-4-5-12-22(20)24-14-8-9-15-25(24)27/h4-18H,1-3H3. The average Bonchev–Trinajstić information content (AvgIpc) is 3.33. The number of likely N-dealkylation sites (N-methyl/N-ethyl adjacent to an activating group) is 2. The van der Waals surface area contributed by atoms with Gasteiger partial charge in [0.05, 0.1) is 22.5 Å². The Labute approximate surface area is 214 Å². The van der Waals surface area contributed by atoms with Gasteiger partial charge in [0.15, 0.2) is 0 Å². The minimum Gasteiger partial charge on any atom is -0.310 e. The number of carbonyl (C=O) groups is 2. The Morgan fingerprint density at radius 2 is 1.00 bits per heavy atom. The van der Waals surface area contributed by atoms with E-state index in [4.69, 9.17) is 0 Å². The number of fused-ring (bicyclic) bond motifs is 5. The van der Waals surface area contributed by atoms with Crippen LogP contribution in [0.25, 0.3) is 43.7 Å². The summed E-state index contributed by atoms with van der Waals surface area (Å²) in [6.07, 6.45) is 0. The van der Waals surface area contributed by atoms with Crippen LogP contribution in [0, 0.1) is 6.92 Å². The summed E-state index contributed by atoms with van der Waals surface area (Å²) in [5.74, 6) is -0.306. The maximum absolute atomic E-state index is 13.9. The number of carbonyl (C=O) groups excluding carboxylic acids is 2. The Hall–Kier alpha value is -4.70. The molecule has 7 rings (SSSR count). The van der Waals surface area contributed by atoms with Gasteiger partial charge in [-0.1, -0.05) is 84.9 Å². The Balaban J connectivity index is 1.58. The highest BCUT2D eigenvalue weighted by Gasteiger charge is 2.47. The molecule has 4 nitrogen and oxygen atoms in total. The van der Waals surface area contributed by atoms with E-state index < -0.39 is 0 Å². The molecule has 5 aromatic carbocycles. The van der Waals surface area contributed by atoms with E-state index in [9.17, 15) is 9.59 Å². The molecule has 5 aromatic rings. The summed E-state index contributed by atoms with van der Waals surface area (Å²) in [7, 11) is 3.55. The molecule has 0 fully saturated rings. The van der Waals surface area contributed by atoms with Crippen LogP contribution in [-0.4, -0.2) is 35.7 Å². The third kappa shape index (κ3) is 2.84. The summed E-state index contributed by atoms with van der Waals surface area (Å²) in [4.78, 5) is 31.1. The Morgan fingerprint density at radius 1 is 0.514 bits per heavy atom. The van der Waals surface area contributed by atoms with Gasteiger partial charge in [0.2, 0.25) is 0 Å². The van der Waals surface area contributed by atoms with Gasteiger partial charge < -0.3 is 9.80 Å². The topological polar surface area (TPSA) is 40.6 Å². The molecule has 0 spiro atoms. The molecule has 0 aliphatic carbocycles. The number of aryl methyl sites for hydroxylation is 1. The van der Waals surface area contributed by atoms with Crippen molar-refractivity contribution in [1.82, 2.24) is 9.80 Å². The fourth-order valence-corrected chi connectivity index (χ4v) is 6.06. The smallest absolute Gasteiger partial charge is 0.261 e. The van der Waals surface area contributed by atoms with Crippen molar-refractivity contribution >= 4 is 55.5 Å². The fraction of sp³-hybridized carbons (Fsp3) is 0.0909. The van der Waals surface area contributed by atoms with Crippen LogP contribution < -0.4 is 0 Å². The van der Waals surface area contributed by atoms with Gasteiger partial charge in [-0.25, -0.2) is 0 Å². The summed E-state index contributed by atoms with van der Waals surface area (Å²) in [6.45, 7) is 2.08. The molecule has 2 aliphatic rings. The van der Waals surface area contributed by atoms with Crippen LogP contribution in [0.5, 0.6) is 0 Å². The van der Waals surface area contributed by atoms with E-state index in [1.54, 1.807) is 23.9 Å². The predicted octanol–water partition coefficient (Wildman–Crippen LogP) is 6.52. The van der Waals surface area contributed by atoms with Crippen LogP contribution in [0.2, 0.25) is 0 Å². The van der Waals surface area contributed by atoms with Crippen molar-refractivity contribution in [2.45, 2.75) is 6.92 Å². The van der Waals surface area contributed by atoms with Crippen molar-refractivity contribution < 1.29 is 9.59 Å². The molecule has 0 N–H and O–H groups in total. The molecule has 0 saturated heterocycles. The molecule has 2 amide bonds. The van der Waals surface area contributed by atoms with Crippen LogP contribution in [0.3, 0.4) is 0 Å². The minimum atomic E-state index is -0.153. The van der Waals surface area contributed by atoms with Gasteiger partial charge in [-0.2, -0.15) is 0 Å². The minimum absolute atomic E-state index is 0.153. The van der Waals surface area contributed by atoms with E-state index in [0.717, 1.165) is 49.0 Å². The quantitative estimate of drug-likeness (QED) is 0.270. The molecule has 37 heavy (non-hydrogen) atoms. The second-order valence-corrected chi connectivity index (χ2v) is 9.84. The highest BCUT2D eigenvalue weighted by Crippen LogP contribution is 2.48. The van der Waals surface area contributed by atoms with E-state index >= 15 is 0 Å². The van der Waals surface area contributed by atoms with E-state index in [2.05, 4.69) is 55.5 Å². The monoisotopic (exact) mass is 480 g/mol. The summed E-state index contributed by atoms with van der Waals surface area (Å²) in [5.41, 5.74) is 5.26. The zero-order valence-corrected chi connectivity index (χ0v) is 20.9. The number of benzene rings is 5. The maximum atomic E-state index is 13.9. The number of nitrogens with zero attached hydrogens (tertiary/aromatic N) is 2. The van der Waals surface area contributed by atoms with Gasteiger partial charge in [0.25, 0.3) is 11.8 Å². The predicted molar refractivity (Wildman–Crippen MR) is 150 cm³/mol. The fourth-order valence-electron chi connectivity index (χ4n) is 6.06. The lowest BCUT2D eigenvalue weighted by Gasteiger charge is -2.22. The molecule has 0 atom stereocenters. The van der Waals surface area contributed by atoms with Crippen molar-refractivity contribution in [3.8, 4) is 0 Å². The first-order chi connectivity index (χ1) is 18.0. The van der Waals surface area contributed by atoms with E-state index in [0.29, 0.717) is 22.5 Å². The van der Waals surface area contributed by atoms with Crippen LogP contribution in [-0.2, 0) is 9.59 Å². The van der Waals surface area contributed by atoms with E-state index in [-0.39, 0.29) is 11.8 Å². The largest absolute Gasteiger partial charge is 0.310 e. The van der Waals surface area contributed by atoms with Gasteiger partial charge in [0.1, 0.15) is 0 Å². The maximum Gasteiger partial charge on any atom is 0.261 e.